The lowest BCUT2D eigenvalue weighted by Gasteiger charge is -2.31. The zero-order valence-corrected chi connectivity index (χ0v) is 14.9. The predicted octanol–water partition coefficient (Wildman–Crippen LogP) is 2.55. The maximum atomic E-state index is 12.6. The van der Waals surface area contributed by atoms with E-state index < -0.39 is 10.8 Å². The molecule has 0 saturated carbocycles. The van der Waals surface area contributed by atoms with Gasteiger partial charge in [-0.2, -0.15) is 0 Å². The Morgan fingerprint density at radius 1 is 1.08 bits per heavy atom. The minimum absolute atomic E-state index is 0.0335. The van der Waals surface area contributed by atoms with Crippen LogP contribution in [-0.2, 0) is 10.8 Å². The molecule has 130 valence electrons. The van der Waals surface area contributed by atoms with Gasteiger partial charge in [-0.25, -0.2) is 0 Å². The van der Waals surface area contributed by atoms with E-state index in [0.717, 1.165) is 0 Å². The number of amides is 1. The Labute approximate surface area is 149 Å². The van der Waals surface area contributed by atoms with Gasteiger partial charge in [-0.1, -0.05) is 12.1 Å². The third-order valence-corrected chi connectivity index (χ3v) is 5.47. The molecule has 1 amide bonds. The van der Waals surface area contributed by atoms with Crippen LogP contribution in [0.3, 0.4) is 0 Å². The molecular formula is C19H20N2O3S. The SMILES string of the molecule is CS(=O)c1ccc(C(=O)C2CCN(C(=O)c3cccnc3)CC2)cc1. The second kappa shape index (κ2) is 7.70. The Kier molecular flexibility index (Phi) is 5.38. The fourth-order valence-electron chi connectivity index (χ4n) is 3.06. The summed E-state index contributed by atoms with van der Waals surface area (Å²) in [6.45, 7) is 1.14. The molecule has 1 unspecified atom stereocenters. The van der Waals surface area contributed by atoms with Gasteiger partial charge in [0.2, 0.25) is 0 Å². The number of nitrogens with zero attached hydrogens (tertiary/aromatic N) is 2. The van der Waals surface area contributed by atoms with Crippen LogP contribution in [0.2, 0.25) is 0 Å². The number of pyridine rings is 1. The van der Waals surface area contributed by atoms with Crippen molar-refractivity contribution in [1.82, 2.24) is 9.88 Å². The van der Waals surface area contributed by atoms with Crippen LogP contribution in [0.1, 0.15) is 33.6 Å². The fourth-order valence-corrected chi connectivity index (χ4v) is 3.58. The van der Waals surface area contributed by atoms with Gasteiger partial charge in [-0.05, 0) is 37.1 Å². The maximum absolute atomic E-state index is 12.6. The van der Waals surface area contributed by atoms with Crippen molar-refractivity contribution < 1.29 is 13.8 Å². The van der Waals surface area contributed by atoms with Crippen molar-refractivity contribution >= 4 is 22.5 Å². The summed E-state index contributed by atoms with van der Waals surface area (Å²) in [5.74, 6) is -0.00777. The van der Waals surface area contributed by atoms with Gasteiger partial charge in [-0.15, -0.1) is 0 Å². The van der Waals surface area contributed by atoms with Crippen LogP contribution in [0, 0.1) is 5.92 Å². The summed E-state index contributed by atoms with van der Waals surface area (Å²) in [4.78, 5) is 31.5. The second-order valence-corrected chi connectivity index (χ2v) is 7.53. The molecule has 25 heavy (non-hydrogen) atoms. The molecule has 3 rings (SSSR count). The normalized spacial score (nSPS) is 16.4. The molecule has 1 aliphatic rings. The minimum atomic E-state index is -1.04. The number of piperidine rings is 1. The quantitative estimate of drug-likeness (QED) is 0.790. The monoisotopic (exact) mass is 356 g/mol. The molecule has 1 saturated heterocycles. The average Bonchev–Trinajstić information content (AvgIpc) is 2.67. The van der Waals surface area contributed by atoms with Gasteiger partial charge in [-0.3, -0.25) is 18.8 Å². The van der Waals surface area contributed by atoms with Gasteiger partial charge >= 0.3 is 0 Å². The number of rotatable bonds is 4. The van der Waals surface area contributed by atoms with E-state index in [9.17, 15) is 13.8 Å². The zero-order valence-electron chi connectivity index (χ0n) is 14.1. The first-order valence-electron chi connectivity index (χ1n) is 8.23. The van der Waals surface area contributed by atoms with E-state index in [0.29, 0.717) is 42.0 Å². The fraction of sp³-hybridized carbons (Fsp3) is 0.316. The lowest BCUT2D eigenvalue weighted by molar-refractivity contribution is 0.0650. The number of hydrogen-bond acceptors (Lipinski definition) is 4. The molecule has 0 N–H and O–H groups in total. The summed E-state index contributed by atoms with van der Waals surface area (Å²) in [7, 11) is -1.04. The van der Waals surface area contributed by atoms with Crippen molar-refractivity contribution in [2.75, 3.05) is 19.3 Å². The third kappa shape index (κ3) is 4.02. The lowest BCUT2D eigenvalue weighted by atomic mass is 9.88. The molecule has 1 aliphatic heterocycles. The maximum Gasteiger partial charge on any atom is 0.255 e. The molecule has 5 nitrogen and oxygen atoms in total. The zero-order chi connectivity index (χ0) is 17.8. The van der Waals surface area contributed by atoms with Crippen molar-refractivity contribution in [3.8, 4) is 0 Å². The number of carbonyl (C=O) groups excluding carboxylic acids is 2. The van der Waals surface area contributed by atoms with Crippen molar-refractivity contribution in [1.29, 1.82) is 0 Å². The van der Waals surface area contributed by atoms with Crippen LogP contribution in [0.5, 0.6) is 0 Å². The van der Waals surface area contributed by atoms with E-state index in [-0.39, 0.29) is 17.6 Å². The van der Waals surface area contributed by atoms with Gasteiger partial charge in [0.1, 0.15) is 0 Å². The summed E-state index contributed by atoms with van der Waals surface area (Å²) in [6, 6.07) is 10.5. The molecule has 1 fully saturated rings. The van der Waals surface area contributed by atoms with Crippen LogP contribution < -0.4 is 0 Å². The summed E-state index contributed by atoms with van der Waals surface area (Å²) < 4.78 is 11.4. The van der Waals surface area contributed by atoms with E-state index in [2.05, 4.69) is 4.98 Å². The van der Waals surface area contributed by atoms with Crippen molar-refractivity contribution in [2.45, 2.75) is 17.7 Å². The summed E-state index contributed by atoms with van der Waals surface area (Å²) >= 11 is 0. The Morgan fingerprint density at radius 3 is 2.32 bits per heavy atom. The highest BCUT2D eigenvalue weighted by atomic mass is 32.2. The first-order valence-corrected chi connectivity index (χ1v) is 9.79. The molecule has 0 aliphatic carbocycles. The third-order valence-electron chi connectivity index (χ3n) is 4.53. The van der Waals surface area contributed by atoms with Crippen molar-refractivity contribution in [3.63, 3.8) is 0 Å². The highest BCUT2D eigenvalue weighted by molar-refractivity contribution is 7.84. The molecule has 0 spiro atoms. The molecule has 0 bridgehead atoms. The van der Waals surface area contributed by atoms with Crippen LogP contribution in [0.4, 0.5) is 0 Å². The second-order valence-electron chi connectivity index (χ2n) is 6.15. The van der Waals surface area contributed by atoms with E-state index in [1.807, 2.05) is 0 Å². The smallest absolute Gasteiger partial charge is 0.255 e. The first kappa shape index (κ1) is 17.5. The standard InChI is InChI=1S/C19H20N2O3S/c1-25(24)17-6-4-14(5-7-17)18(22)15-8-11-21(12-9-15)19(23)16-3-2-10-20-13-16/h2-7,10,13,15H,8-9,11-12H2,1H3. The van der Waals surface area contributed by atoms with Crippen LogP contribution >= 0.6 is 0 Å². The topological polar surface area (TPSA) is 67.3 Å². The van der Waals surface area contributed by atoms with Gasteiger partial charge in [0.15, 0.2) is 5.78 Å². The van der Waals surface area contributed by atoms with Crippen LogP contribution in [0.25, 0.3) is 0 Å². The number of hydrogen-bond donors (Lipinski definition) is 0. The molecule has 2 aromatic rings. The summed E-state index contributed by atoms with van der Waals surface area (Å²) in [5, 5.41) is 0. The summed E-state index contributed by atoms with van der Waals surface area (Å²) in [5.41, 5.74) is 1.22. The largest absolute Gasteiger partial charge is 0.339 e. The number of Topliss-reactive ketones (excluding diaryl/α,β-unsaturated/α-hetero) is 1. The predicted molar refractivity (Wildman–Crippen MR) is 96.0 cm³/mol. The Morgan fingerprint density at radius 2 is 1.76 bits per heavy atom. The number of aromatic nitrogens is 1. The Hall–Kier alpha value is -2.34. The number of benzene rings is 1. The van der Waals surface area contributed by atoms with Crippen LogP contribution in [-0.4, -0.2) is 45.1 Å². The molecule has 0 radical (unpaired) electrons. The number of carbonyl (C=O) groups is 2. The Bertz CT molecular complexity index is 782. The highest BCUT2D eigenvalue weighted by Gasteiger charge is 2.28. The molecule has 6 heteroatoms. The number of ketones is 1. The van der Waals surface area contributed by atoms with E-state index >= 15 is 0 Å². The molecule has 2 heterocycles. The minimum Gasteiger partial charge on any atom is -0.339 e. The van der Waals surface area contributed by atoms with E-state index in [4.69, 9.17) is 0 Å². The average molecular weight is 356 g/mol. The van der Waals surface area contributed by atoms with Crippen molar-refractivity contribution in [2.24, 2.45) is 5.92 Å². The molecule has 1 atom stereocenters. The Balaban J connectivity index is 1.61. The summed E-state index contributed by atoms with van der Waals surface area (Å²) in [6.07, 6.45) is 6.14. The van der Waals surface area contributed by atoms with E-state index in [1.165, 1.54) is 0 Å². The number of likely N-dealkylation sites (tertiary alicyclic amines) is 1. The van der Waals surface area contributed by atoms with Crippen LogP contribution in [0.15, 0.2) is 53.7 Å². The van der Waals surface area contributed by atoms with Gasteiger partial charge < -0.3 is 4.90 Å². The molecule has 1 aromatic carbocycles. The van der Waals surface area contributed by atoms with Gasteiger partial charge in [0.25, 0.3) is 5.91 Å². The van der Waals surface area contributed by atoms with E-state index in [1.54, 1.807) is 59.9 Å². The molecule has 1 aromatic heterocycles. The lowest BCUT2D eigenvalue weighted by Crippen LogP contribution is -2.40. The highest BCUT2D eigenvalue weighted by Crippen LogP contribution is 2.23. The van der Waals surface area contributed by atoms with Gasteiger partial charge in [0, 0.05) is 58.9 Å². The van der Waals surface area contributed by atoms with Gasteiger partial charge in [0.05, 0.1) is 5.56 Å². The van der Waals surface area contributed by atoms with Crippen molar-refractivity contribution in [3.05, 3.63) is 59.9 Å². The molecular weight excluding hydrogens is 336 g/mol. The first-order chi connectivity index (χ1) is 12.1.